The summed E-state index contributed by atoms with van der Waals surface area (Å²) in [6.07, 6.45) is 2.12. The first-order valence-electron chi connectivity index (χ1n) is 10.4. The standard InChI is InChI=1S/C25H32O5/c1-7-9-10-17-11-12-19(23(26)27)20(14-17)22-16(3)13-18(25(4,5)6)15-21(22)30-24(28)29-8-2/h11-15H,7-10H2,1-6H3,(H,26,27). The first-order valence-corrected chi connectivity index (χ1v) is 10.4. The van der Waals surface area contributed by atoms with E-state index in [1.807, 2.05) is 31.2 Å². The largest absolute Gasteiger partial charge is 0.513 e. The lowest BCUT2D eigenvalue weighted by Gasteiger charge is -2.23. The van der Waals surface area contributed by atoms with E-state index < -0.39 is 12.1 Å². The third kappa shape index (κ3) is 5.62. The summed E-state index contributed by atoms with van der Waals surface area (Å²) in [4.78, 5) is 24.1. The Labute approximate surface area is 179 Å². The van der Waals surface area contributed by atoms with Crippen LogP contribution in [0.15, 0.2) is 30.3 Å². The van der Waals surface area contributed by atoms with Gasteiger partial charge in [-0.2, -0.15) is 0 Å². The first-order chi connectivity index (χ1) is 14.1. The predicted octanol–water partition coefficient (Wildman–Crippen LogP) is 6.54. The van der Waals surface area contributed by atoms with Crippen molar-refractivity contribution in [3.05, 3.63) is 52.6 Å². The maximum atomic E-state index is 12.1. The van der Waals surface area contributed by atoms with Crippen molar-refractivity contribution in [1.29, 1.82) is 0 Å². The quantitative estimate of drug-likeness (QED) is 0.413. The van der Waals surface area contributed by atoms with E-state index in [4.69, 9.17) is 9.47 Å². The lowest BCUT2D eigenvalue weighted by Crippen LogP contribution is -2.15. The van der Waals surface area contributed by atoms with Gasteiger partial charge in [0.05, 0.1) is 12.2 Å². The third-order valence-corrected chi connectivity index (χ3v) is 5.02. The molecular formula is C25H32O5. The number of carboxylic acid groups (broad SMARTS) is 1. The lowest BCUT2D eigenvalue weighted by molar-refractivity contribution is 0.0697. The summed E-state index contributed by atoms with van der Waals surface area (Å²) in [6.45, 7) is 12.1. The Morgan fingerprint density at radius 3 is 2.33 bits per heavy atom. The second-order valence-corrected chi connectivity index (χ2v) is 8.49. The number of benzene rings is 2. The van der Waals surface area contributed by atoms with Crippen molar-refractivity contribution in [3.63, 3.8) is 0 Å². The summed E-state index contributed by atoms with van der Waals surface area (Å²) in [5.74, 6) is -0.707. The van der Waals surface area contributed by atoms with Crippen LogP contribution in [0.4, 0.5) is 4.79 Å². The fourth-order valence-corrected chi connectivity index (χ4v) is 3.37. The molecule has 2 aromatic carbocycles. The minimum atomic E-state index is -1.02. The number of hydrogen-bond donors (Lipinski definition) is 1. The molecule has 0 aliphatic rings. The fraction of sp³-hybridized carbons (Fsp3) is 0.440. The summed E-state index contributed by atoms with van der Waals surface area (Å²) in [7, 11) is 0. The van der Waals surface area contributed by atoms with Gasteiger partial charge in [0, 0.05) is 11.1 Å². The molecule has 2 aromatic rings. The molecule has 0 bridgehead atoms. The second-order valence-electron chi connectivity index (χ2n) is 8.49. The van der Waals surface area contributed by atoms with Gasteiger partial charge in [-0.25, -0.2) is 9.59 Å². The molecule has 162 valence electrons. The Morgan fingerprint density at radius 1 is 1.07 bits per heavy atom. The van der Waals surface area contributed by atoms with Crippen molar-refractivity contribution < 1.29 is 24.2 Å². The van der Waals surface area contributed by atoms with Gasteiger partial charge in [0.25, 0.3) is 0 Å². The first kappa shape index (κ1) is 23.5. The number of ether oxygens (including phenoxy) is 2. The zero-order chi connectivity index (χ0) is 22.5. The van der Waals surface area contributed by atoms with Gasteiger partial charge in [0.15, 0.2) is 0 Å². The monoisotopic (exact) mass is 412 g/mol. The molecular weight excluding hydrogens is 380 g/mol. The third-order valence-electron chi connectivity index (χ3n) is 5.02. The molecule has 2 rings (SSSR count). The van der Waals surface area contributed by atoms with E-state index in [0.717, 1.165) is 36.0 Å². The van der Waals surface area contributed by atoms with E-state index in [1.54, 1.807) is 13.0 Å². The summed E-state index contributed by atoms with van der Waals surface area (Å²) < 4.78 is 10.5. The van der Waals surface area contributed by atoms with Crippen molar-refractivity contribution in [2.45, 2.75) is 66.2 Å². The van der Waals surface area contributed by atoms with Crippen LogP contribution in [0.5, 0.6) is 5.75 Å². The van der Waals surface area contributed by atoms with Gasteiger partial charge < -0.3 is 14.6 Å². The molecule has 0 atom stereocenters. The fourth-order valence-electron chi connectivity index (χ4n) is 3.37. The highest BCUT2D eigenvalue weighted by Crippen LogP contribution is 2.40. The van der Waals surface area contributed by atoms with Crippen molar-refractivity contribution >= 4 is 12.1 Å². The van der Waals surface area contributed by atoms with Gasteiger partial charge in [-0.1, -0.05) is 52.3 Å². The smallest absolute Gasteiger partial charge is 0.478 e. The summed E-state index contributed by atoms with van der Waals surface area (Å²) >= 11 is 0. The predicted molar refractivity (Wildman–Crippen MR) is 119 cm³/mol. The van der Waals surface area contributed by atoms with Gasteiger partial charge in [-0.05, 0) is 60.9 Å². The number of aryl methyl sites for hydroxylation is 2. The SMILES string of the molecule is CCCCc1ccc(C(=O)O)c(-c2c(C)cc(C(C)(C)C)cc2OC(=O)OCC)c1. The zero-order valence-electron chi connectivity index (χ0n) is 18.8. The topological polar surface area (TPSA) is 72.8 Å². The summed E-state index contributed by atoms with van der Waals surface area (Å²) in [5.41, 5.74) is 4.04. The van der Waals surface area contributed by atoms with Crippen LogP contribution in [0.25, 0.3) is 11.1 Å². The molecule has 1 N–H and O–H groups in total. The molecule has 0 aliphatic heterocycles. The van der Waals surface area contributed by atoms with Crippen LogP contribution in [0.1, 0.15) is 74.5 Å². The number of hydrogen-bond acceptors (Lipinski definition) is 4. The molecule has 0 heterocycles. The number of carboxylic acids is 1. The van der Waals surface area contributed by atoms with Crippen molar-refractivity contribution in [3.8, 4) is 16.9 Å². The van der Waals surface area contributed by atoms with E-state index in [0.29, 0.717) is 16.9 Å². The van der Waals surface area contributed by atoms with E-state index in [1.165, 1.54) is 0 Å². The lowest BCUT2D eigenvalue weighted by atomic mass is 9.83. The molecule has 0 amide bonds. The number of carbonyl (C=O) groups excluding carboxylic acids is 1. The normalized spacial score (nSPS) is 11.3. The van der Waals surface area contributed by atoms with E-state index >= 15 is 0 Å². The number of rotatable bonds is 7. The minimum absolute atomic E-state index is 0.172. The van der Waals surface area contributed by atoms with Crippen LogP contribution in [0.2, 0.25) is 0 Å². The highest BCUT2D eigenvalue weighted by atomic mass is 16.7. The second kappa shape index (κ2) is 9.79. The highest BCUT2D eigenvalue weighted by molar-refractivity contribution is 5.98. The maximum Gasteiger partial charge on any atom is 0.513 e. The Balaban J connectivity index is 2.74. The van der Waals surface area contributed by atoms with Crippen LogP contribution < -0.4 is 4.74 Å². The molecule has 5 nitrogen and oxygen atoms in total. The molecule has 5 heteroatoms. The van der Waals surface area contributed by atoms with Gasteiger partial charge in [-0.15, -0.1) is 0 Å². The van der Waals surface area contributed by atoms with Crippen LogP contribution in [-0.4, -0.2) is 23.8 Å². The van der Waals surface area contributed by atoms with Crippen LogP contribution in [0, 0.1) is 6.92 Å². The van der Waals surface area contributed by atoms with E-state index in [-0.39, 0.29) is 17.6 Å². The highest BCUT2D eigenvalue weighted by Gasteiger charge is 2.24. The number of aromatic carboxylic acids is 1. The Bertz CT molecular complexity index is 922. The van der Waals surface area contributed by atoms with Crippen LogP contribution >= 0.6 is 0 Å². The Morgan fingerprint density at radius 2 is 1.77 bits per heavy atom. The summed E-state index contributed by atoms with van der Waals surface area (Å²) in [6, 6.07) is 9.22. The summed E-state index contributed by atoms with van der Waals surface area (Å²) in [5, 5.41) is 9.79. The Hall–Kier alpha value is -2.82. The maximum absolute atomic E-state index is 12.1. The van der Waals surface area contributed by atoms with Crippen LogP contribution in [-0.2, 0) is 16.6 Å². The molecule has 0 spiro atoms. The molecule has 0 unspecified atom stereocenters. The minimum Gasteiger partial charge on any atom is -0.478 e. The van der Waals surface area contributed by atoms with Gasteiger partial charge >= 0.3 is 12.1 Å². The molecule has 0 saturated carbocycles. The molecule has 30 heavy (non-hydrogen) atoms. The molecule has 0 aliphatic carbocycles. The van der Waals surface area contributed by atoms with Crippen LogP contribution in [0.3, 0.4) is 0 Å². The van der Waals surface area contributed by atoms with Gasteiger partial charge in [-0.3, -0.25) is 0 Å². The van der Waals surface area contributed by atoms with Crippen molar-refractivity contribution in [1.82, 2.24) is 0 Å². The average Bonchev–Trinajstić information content (AvgIpc) is 2.65. The number of unbranched alkanes of at least 4 members (excludes halogenated alkanes) is 1. The molecule has 0 radical (unpaired) electrons. The number of carbonyl (C=O) groups is 2. The molecule has 0 saturated heterocycles. The van der Waals surface area contributed by atoms with Gasteiger partial charge in [0.1, 0.15) is 5.75 Å². The zero-order valence-corrected chi connectivity index (χ0v) is 18.8. The van der Waals surface area contributed by atoms with Crippen molar-refractivity contribution in [2.75, 3.05) is 6.61 Å². The Kier molecular flexibility index (Phi) is 7.65. The molecule has 0 fully saturated rings. The van der Waals surface area contributed by atoms with E-state index in [2.05, 4.69) is 27.7 Å². The van der Waals surface area contributed by atoms with Gasteiger partial charge in [0.2, 0.25) is 0 Å². The molecule has 0 aromatic heterocycles. The average molecular weight is 413 g/mol. The van der Waals surface area contributed by atoms with Crippen molar-refractivity contribution in [2.24, 2.45) is 0 Å². The van der Waals surface area contributed by atoms with E-state index in [9.17, 15) is 14.7 Å².